The molecule has 0 radical (unpaired) electrons. The van der Waals surface area contributed by atoms with Gasteiger partial charge in [0.2, 0.25) is 11.8 Å². The zero-order valence-corrected chi connectivity index (χ0v) is 27.1. The molecule has 2 aliphatic heterocycles. The average molecular weight is 617 g/mol. The van der Waals surface area contributed by atoms with Crippen molar-refractivity contribution < 1.29 is 29.5 Å². The molecule has 1 saturated heterocycles. The summed E-state index contributed by atoms with van der Waals surface area (Å²) in [5, 5.41) is 32.0. The Balaban J connectivity index is 0.000000267. The van der Waals surface area contributed by atoms with Gasteiger partial charge in [-0.3, -0.25) is 14.5 Å². The maximum absolute atomic E-state index is 12.3. The molecule has 3 aliphatic rings. The van der Waals surface area contributed by atoms with Crippen molar-refractivity contribution in [3.8, 4) is 0 Å². The van der Waals surface area contributed by atoms with E-state index in [0.29, 0.717) is 32.0 Å². The number of hydrogen-bond acceptors (Lipinski definition) is 6. The third-order valence-electron chi connectivity index (χ3n) is 8.59. The molecule has 2 fully saturated rings. The van der Waals surface area contributed by atoms with Crippen LogP contribution in [-0.4, -0.2) is 82.1 Å². The van der Waals surface area contributed by atoms with Gasteiger partial charge in [-0.2, -0.15) is 0 Å². The molecule has 1 aromatic rings. The van der Waals surface area contributed by atoms with Crippen LogP contribution in [0.5, 0.6) is 0 Å². The van der Waals surface area contributed by atoms with E-state index in [1.165, 1.54) is 81.9 Å². The molecular formula is C33H57BN4O6. The third kappa shape index (κ3) is 14.4. The lowest BCUT2D eigenvalue weighted by Gasteiger charge is -2.25. The van der Waals surface area contributed by atoms with Gasteiger partial charge in [0.05, 0.1) is 13.0 Å². The van der Waals surface area contributed by atoms with Crippen molar-refractivity contribution in [1.29, 1.82) is 0 Å². The molecule has 4 rings (SSSR count). The number of rotatable bonds is 13. The fourth-order valence-electron chi connectivity index (χ4n) is 6.02. The van der Waals surface area contributed by atoms with Crippen molar-refractivity contribution in [3.05, 3.63) is 35.4 Å². The summed E-state index contributed by atoms with van der Waals surface area (Å²) in [7, 11) is -1.57. The van der Waals surface area contributed by atoms with Gasteiger partial charge in [-0.15, -0.1) is 0 Å². The Hall–Kier alpha value is -2.63. The van der Waals surface area contributed by atoms with E-state index in [4.69, 9.17) is 15.2 Å². The Kier molecular flexibility index (Phi) is 18.8. The maximum atomic E-state index is 12.3. The molecule has 11 heteroatoms. The standard InChI is InChI=1S/C15H28BN3O4.C9H9NO2.C9H20/c20-14(10-17-9-12-5-2-1-3-6-12)19-8-4-7-13(19)15(21)18-11-16(22)23;11-9(12)10-5-7-3-1-2-4-8(7)6-10;1-3-5-7-9-8-6-4-2/h12-13,17,22-23H,1-11H2,(H,18,21);1-4H,5-6H2,(H,11,12);3-9H2,1-2H3. The van der Waals surface area contributed by atoms with E-state index in [-0.39, 0.29) is 24.8 Å². The highest BCUT2D eigenvalue weighted by atomic mass is 16.4. The van der Waals surface area contributed by atoms with Crippen molar-refractivity contribution in [2.45, 2.75) is 123 Å². The van der Waals surface area contributed by atoms with E-state index < -0.39 is 19.3 Å². The van der Waals surface area contributed by atoms with Gasteiger partial charge in [0.25, 0.3) is 0 Å². The van der Waals surface area contributed by atoms with Crippen molar-refractivity contribution >= 4 is 25.0 Å². The number of carboxylic acid groups (broad SMARTS) is 1. The second-order valence-electron chi connectivity index (χ2n) is 12.3. The molecule has 1 unspecified atom stereocenters. The maximum Gasteiger partial charge on any atom is 0.472 e. The van der Waals surface area contributed by atoms with Crippen molar-refractivity contribution in [2.75, 3.05) is 26.1 Å². The molecule has 10 nitrogen and oxygen atoms in total. The molecule has 1 saturated carbocycles. The summed E-state index contributed by atoms with van der Waals surface area (Å²) >= 11 is 0. The summed E-state index contributed by atoms with van der Waals surface area (Å²) in [4.78, 5) is 38.0. The normalized spacial score (nSPS) is 17.6. The first-order valence-electron chi connectivity index (χ1n) is 16.9. The molecule has 1 aliphatic carbocycles. The van der Waals surface area contributed by atoms with Gasteiger partial charge in [0, 0.05) is 19.6 Å². The number of carbonyl (C=O) groups excluding carboxylic acids is 2. The van der Waals surface area contributed by atoms with Crippen LogP contribution in [0.4, 0.5) is 4.79 Å². The summed E-state index contributed by atoms with van der Waals surface area (Å²) < 4.78 is 0. The quantitative estimate of drug-likeness (QED) is 0.160. The van der Waals surface area contributed by atoms with Gasteiger partial charge < -0.3 is 30.7 Å². The highest BCUT2D eigenvalue weighted by Gasteiger charge is 2.34. The van der Waals surface area contributed by atoms with Crippen molar-refractivity contribution in [2.24, 2.45) is 5.92 Å². The number of amides is 3. The van der Waals surface area contributed by atoms with Crippen molar-refractivity contribution in [3.63, 3.8) is 0 Å². The minimum atomic E-state index is -1.57. The van der Waals surface area contributed by atoms with Crippen LogP contribution in [0.3, 0.4) is 0 Å². The van der Waals surface area contributed by atoms with Crippen LogP contribution in [0, 0.1) is 5.92 Å². The Morgan fingerprint density at radius 1 is 0.864 bits per heavy atom. The molecule has 1 atom stereocenters. The summed E-state index contributed by atoms with van der Waals surface area (Å²) in [5.74, 6) is 0.305. The zero-order valence-electron chi connectivity index (χ0n) is 27.1. The number of unbranched alkanes of at least 4 members (excludes halogenated alkanes) is 6. The first-order valence-corrected chi connectivity index (χ1v) is 16.9. The number of likely N-dealkylation sites (tertiary alicyclic amines) is 1. The van der Waals surface area contributed by atoms with Crippen LogP contribution in [0.1, 0.15) is 115 Å². The molecule has 248 valence electrons. The van der Waals surface area contributed by atoms with Gasteiger partial charge in [-0.25, -0.2) is 4.79 Å². The molecule has 3 amide bonds. The molecule has 2 heterocycles. The number of carbonyl (C=O) groups is 3. The highest BCUT2D eigenvalue weighted by Crippen LogP contribution is 2.23. The molecule has 0 aromatic heterocycles. The Morgan fingerprint density at radius 3 is 2.00 bits per heavy atom. The van der Waals surface area contributed by atoms with Gasteiger partial charge in [0.1, 0.15) is 6.04 Å². The SMILES string of the molecule is CCCCCCCCC.O=C(NCB(O)O)C1CCCN1C(=O)CNCC1CCCCC1.O=C(O)N1Cc2ccccc2C1. The summed E-state index contributed by atoms with van der Waals surface area (Å²) in [5.41, 5.74) is 2.25. The number of fused-ring (bicyclic) bond motifs is 1. The predicted octanol–water partition coefficient (Wildman–Crippen LogP) is 4.71. The third-order valence-corrected chi connectivity index (χ3v) is 8.59. The fourth-order valence-corrected chi connectivity index (χ4v) is 6.02. The van der Waals surface area contributed by atoms with Crippen molar-refractivity contribution in [1.82, 2.24) is 20.4 Å². The van der Waals surface area contributed by atoms with E-state index in [1.54, 1.807) is 4.90 Å². The van der Waals surface area contributed by atoms with Crippen LogP contribution < -0.4 is 10.6 Å². The molecule has 0 bridgehead atoms. The largest absolute Gasteiger partial charge is 0.472 e. The van der Waals surface area contributed by atoms with Crippen LogP contribution in [-0.2, 0) is 22.7 Å². The van der Waals surface area contributed by atoms with E-state index in [0.717, 1.165) is 24.1 Å². The summed E-state index contributed by atoms with van der Waals surface area (Å²) in [6, 6.07) is 7.32. The minimum Gasteiger partial charge on any atom is -0.465 e. The monoisotopic (exact) mass is 616 g/mol. The number of nitrogens with one attached hydrogen (secondary N) is 2. The second kappa shape index (κ2) is 22.0. The Labute approximate surface area is 265 Å². The van der Waals surface area contributed by atoms with E-state index in [1.807, 2.05) is 24.3 Å². The molecule has 0 spiro atoms. The highest BCUT2D eigenvalue weighted by molar-refractivity contribution is 6.41. The number of nitrogens with zero attached hydrogens (tertiary/aromatic N) is 2. The molecule has 1 aromatic carbocycles. The molecular weight excluding hydrogens is 559 g/mol. The minimum absolute atomic E-state index is 0.0528. The van der Waals surface area contributed by atoms with E-state index in [9.17, 15) is 14.4 Å². The van der Waals surface area contributed by atoms with Gasteiger partial charge in [-0.05, 0) is 49.3 Å². The topological polar surface area (TPSA) is 142 Å². The lowest BCUT2D eigenvalue weighted by Crippen LogP contribution is -2.50. The number of hydrogen-bond donors (Lipinski definition) is 5. The predicted molar refractivity (Wildman–Crippen MR) is 175 cm³/mol. The van der Waals surface area contributed by atoms with Gasteiger partial charge >= 0.3 is 13.2 Å². The fraction of sp³-hybridized carbons (Fsp3) is 0.727. The smallest absolute Gasteiger partial charge is 0.465 e. The van der Waals surface area contributed by atoms with Crippen LogP contribution in [0.25, 0.3) is 0 Å². The van der Waals surface area contributed by atoms with Crippen LogP contribution in [0.2, 0.25) is 0 Å². The van der Waals surface area contributed by atoms with E-state index in [2.05, 4.69) is 24.5 Å². The summed E-state index contributed by atoms with van der Waals surface area (Å²) in [6.45, 7) is 7.32. The Morgan fingerprint density at radius 2 is 1.45 bits per heavy atom. The summed E-state index contributed by atoms with van der Waals surface area (Å²) in [6.07, 6.45) is 16.7. The first-order chi connectivity index (χ1) is 21.3. The Bertz CT molecular complexity index is 944. The van der Waals surface area contributed by atoms with Crippen LogP contribution in [0.15, 0.2) is 24.3 Å². The molecule has 5 N–H and O–H groups in total. The average Bonchev–Trinajstić information content (AvgIpc) is 3.69. The second-order valence-corrected chi connectivity index (χ2v) is 12.3. The lowest BCUT2D eigenvalue weighted by molar-refractivity contribution is -0.137. The number of benzene rings is 1. The van der Waals surface area contributed by atoms with Gasteiger partial charge in [0.15, 0.2) is 0 Å². The lowest BCUT2D eigenvalue weighted by atomic mass is 9.89. The van der Waals surface area contributed by atoms with Gasteiger partial charge in [-0.1, -0.05) is 102 Å². The van der Waals surface area contributed by atoms with E-state index >= 15 is 0 Å². The first kappa shape index (κ1) is 37.6. The van der Waals surface area contributed by atoms with Crippen LogP contribution >= 0.6 is 0 Å². The zero-order chi connectivity index (χ0) is 32.2. The molecule has 44 heavy (non-hydrogen) atoms.